The molecule has 0 radical (unpaired) electrons. The SMILES string of the molecule is COc1ccc(OC)c(CCNC(=O)[C@]2(Cc3ccccc3)N=C(c3ccc(OCCCO)cc3)O[C@@H]2c2ccccc2Br)c1. The van der Waals surface area contributed by atoms with E-state index in [0.29, 0.717) is 44.1 Å². The van der Waals surface area contributed by atoms with E-state index in [-0.39, 0.29) is 12.5 Å². The first-order valence-corrected chi connectivity index (χ1v) is 15.6. The van der Waals surface area contributed by atoms with Crippen LogP contribution in [0.2, 0.25) is 0 Å². The first-order valence-electron chi connectivity index (χ1n) is 14.9. The first-order chi connectivity index (χ1) is 22.0. The third kappa shape index (κ3) is 7.49. The number of hydrogen-bond donors (Lipinski definition) is 2. The molecule has 4 aromatic rings. The van der Waals surface area contributed by atoms with Gasteiger partial charge in [-0.3, -0.25) is 4.79 Å². The Bertz CT molecular complexity index is 1610. The third-order valence-electron chi connectivity index (χ3n) is 7.70. The lowest BCUT2D eigenvalue weighted by molar-refractivity contribution is -0.128. The van der Waals surface area contributed by atoms with Gasteiger partial charge >= 0.3 is 0 Å². The second-order valence-electron chi connectivity index (χ2n) is 10.7. The van der Waals surface area contributed by atoms with Gasteiger partial charge in [0.1, 0.15) is 17.2 Å². The predicted molar refractivity (Wildman–Crippen MR) is 177 cm³/mol. The molecule has 234 valence electrons. The van der Waals surface area contributed by atoms with Gasteiger partial charge in [0.05, 0.1) is 20.8 Å². The summed E-state index contributed by atoms with van der Waals surface area (Å²) in [5, 5.41) is 12.2. The van der Waals surface area contributed by atoms with Gasteiger partial charge in [0.2, 0.25) is 5.90 Å². The van der Waals surface area contributed by atoms with E-state index in [2.05, 4.69) is 21.2 Å². The minimum absolute atomic E-state index is 0.0673. The second kappa shape index (κ2) is 15.1. The molecular formula is C36H37BrN2O6. The van der Waals surface area contributed by atoms with Gasteiger partial charge in [-0.05, 0) is 66.1 Å². The number of amides is 1. The number of aliphatic imine (C=N–C) groups is 1. The summed E-state index contributed by atoms with van der Waals surface area (Å²) in [5.41, 5.74) is 2.12. The van der Waals surface area contributed by atoms with Crippen molar-refractivity contribution in [3.8, 4) is 17.2 Å². The fourth-order valence-electron chi connectivity index (χ4n) is 5.40. The average molecular weight is 674 g/mol. The Morgan fingerprint density at radius 1 is 0.956 bits per heavy atom. The van der Waals surface area contributed by atoms with Crippen molar-refractivity contribution in [3.05, 3.63) is 124 Å². The number of carbonyl (C=O) groups excluding carboxylic acids is 1. The molecule has 0 saturated heterocycles. The highest BCUT2D eigenvalue weighted by atomic mass is 79.9. The highest BCUT2D eigenvalue weighted by Gasteiger charge is 2.53. The van der Waals surface area contributed by atoms with E-state index in [1.54, 1.807) is 14.2 Å². The molecule has 0 saturated carbocycles. The Balaban J connectivity index is 1.51. The molecule has 0 bridgehead atoms. The van der Waals surface area contributed by atoms with Gasteiger partial charge in [-0.25, -0.2) is 4.99 Å². The molecule has 0 aromatic heterocycles. The molecule has 1 aliphatic heterocycles. The molecule has 2 N–H and O–H groups in total. The molecule has 4 aromatic carbocycles. The van der Waals surface area contributed by atoms with Crippen LogP contribution >= 0.6 is 15.9 Å². The summed E-state index contributed by atoms with van der Waals surface area (Å²) >= 11 is 3.70. The van der Waals surface area contributed by atoms with Gasteiger partial charge < -0.3 is 29.4 Å². The van der Waals surface area contributed by atoms with E-state index in [4.69, 9.17) is 29.0 Å². The Morgan fingerprint density at radius 3 is 2.40 bits per heavy atom. The van der Waals surface area contributed by atoms with Crippen molar-refractivity contribution < 1.29 is 28.8 Å². The summed E-state index contributed by atoms with van der Waals surface area (Å²) in [6.45, 7) is 0.837. The van der Waals surface area contributed by atoms with Crippen molar-refractivity contribution >= 4 is 27.7 Å². The first kappa shape index (κ1) is 32.1. The lowest BCUT2D eigenvalue weighted by atomic mass is 9.82. The van der Waals surface area contributed by atoms with Crippen LogP contribution in [0.15, 0.2) is 107 Å². The number of hydrogen-bond acceptors (Lipinski definition) is 7. The van der Waals surface area contributed by atoms with Crippen molar-refractivity contribution in [1.82, 2.24) is 5.32 Å². The van der Waals surface area contributed by atoms with Crippen LogP contribution in [0.25, 0.3) is 0 Å². The van der Waals surface area contributed by atoms with Crippen LogP contribution in [-0.2, 0) is 22.4 Å². The third-order valence-corrected chi connectivity index (χ3v) is 8.42. The van der Waals surface area contributed by atoms with Gasteiger partial charge in [0.15, 0.2) is 11.6 Å². The number of ether oxygens (including phenoxy) is 4. The second-order valence-corrected chi connectivity index (χ2v) is 11.5. The molecule has 0 spiro atoms. The molecule has 0 aliphatic carbocycles. The molecule has 8 nitrogen and oxygen atoms in total. The van der Waals surface area contributed by atoms with Crippen molar-refractivity contribution in [1.29, 1.82) is 0 Å². The van der Waals surface area contributed by atoms with Crippen LogP contribution in [-0.4, -0.2) is 56.4 Å². The highest BCUT2D eigenvalue weighted by Crippen LogP contribution is 2.44. The fourth-order valence-corrected chi connectivity index (χ4v) is 5.89. The molecule has 1 amide bonds. The summed E-state index contributed by atoms with van der Waals surface area (Å²) < 4.78 is 24.1. The number of aliphatic hydroxyl groups excluding tert-OH is 1. The van der Waals surface area contributed by atoms with Crippen LogP contribution in [0.3, 0.4) is 0 Å². The Labute approximate surface area is 272 Å². The quantitative estimate of drug-likeness (QED) is 0.158. The van der Waals surface area contributed by atoms with E-state index in [0.717, 1.165) is 38.2 Å². The van der Waals surface area contributed by atoms with Crippen LogP contribution in [0.4, 0.5) is 0 Å². The Kier molecular flexibility index (Phi) is 10.8. The van der Waals surface area contributed by atoms with Gasteiger partial charge in [0, 0.05) is 41.6 Å². The summed E-state index contributed by atoms with van der Waals surface area (Å²) in [5.74, 6) is 2.25. The Hall–Kier alpha value is -4.34. The topological polar surface area (TPSA) is 98.6 Å². The van der Waals surface area contributed by atoms with Crippen molar-refractivity contribution in [2.45, 2.75) is 30.9 Å². The van der Waals surface area contributed by atoms with Crippen molar-refractivity contribution in [2.24, 2.45) is 4.99 Å². The minimum Gasteiger partial charge on any atom is -0.497 e. The molecular weight excluding hydrogens is 636 g/mol. The Morgan fingerprint density at radius 2 is 1.69 bits per heavy atom. The van der Waals surface area contributed by atoms with Crippen LogP contribution < -0.4 is 19.5 Å². The van der Waals surface area contributed by atoms with Gasteiger partial charge in [-0.2, -0.15) is 0 Å². The average Bonchev–Trinajstić information content (AvgIpc) is 3.45. The molecule has 1 heterocycles. The number of carbonyl (C=O) groups is 1. The molecule has 9 heteroatoms. The van der Waals surface area contributed by atoms with E-state index < -0.39 is 11.6 Å². The molecule has 0 unspecified atom stereocenters. The van der Waals surface area contributed by atoms with E-state index in [1.165, 1.54) is 0 Å². The fraction of sp³-hybridized carbons (Fsp3) is 0.278. The molecule has 45 heavy (non-hydrogen) atoms. The zero-order chi connectivity index (χ0) is 31.6. The summed E-state index contributed by atoms with van der Waals surface area (Å²) in [4.78, 5) is 19.6. The highest BCUT2D eigenvalue weighted by molar-refractivity contribution is 9.10. The van der Waals surface area contributed by atoms with Crippen molar-refractivity contribution in [2.75, 3.05) is 34.0 Å². The number of nitrogens with zero attached hydrogens (tertiary/aromatic N) is 1. The number of halogens is 1. The van der Waals surface area contributed by atoms with E-state index in [9.17, 15) is 4.79 Å². The van der Waals surface area contributed by atoms with Gasteiger partial charge in [-0.1, -0.05) is 64.5 Å². The summed E-state index contributed by atoms with van der Waals surface area (Å²) in [6, 6.07) is 30.7. The lowest BCUT2D eigenvalue weighted by Crippen LogP contribution is -2.50. The van der Waals surface area contributed by atoms with E-state index in [1.807, 2.05) is 97.1 Å². The predicted octanol–water partition coefficient (Wildman–Crippen LogP) is 6.09. The zero-order valence-electron chi connectivity index (χ0n) is 25.4. The number of benzene rings is 4. The van der Waals surface area contributed by atoms with Crippen LogP contribution in [0.1, 0.15) is 34.8 Å². The molecule has 2 atom stereocenters. The smallest absolute Gasteiger partial charge is 0.252 e. The maximum atomic E-state index is 14.5. The van der Waals surface area contributed by atoms with Gasteiger partial charge in [0.25, 0.3) is 5.91 Å². The zero-order valence-corrected chi connectivity index (χ0v) is 27.0. The maximum Gasteiger partial charge on any atom is 0.252 e. The molecule has 0 fully saturated rings. The normalized spacial score (nSPS) is 17.2. The largest absolute Gasteiger partial charge is 0.497 e. The van der Waals surface area contributed by atoms with E-state index >= 15 is 0 Å². The number of nitrogens with one attached hydrogen (secondary N) is 1. The summed E-state index contributed by atoms with van der Waals surface area (Å²) in [7, 11) is 3.25. The van der Waals surface area contributed by atoms with Crippen LogP contribution in [0, 0.1) is 0 Å². The standard InChI is InChI=1S/C36H37BrN2O6/c1-42-29-17-18-32(43-2)27(23-29)19-20-38-35(41)36(24-25-9-4-3-5-10-25)33(30-11-6-7-12-31(30)37)45-34(39-36)26-13-15-28(16-14-26)44-22-8-21-40/h3-7,9-18,23,33,40H,8,19-22,24H2,1-2H3,(H,38,41)/t33-,36-/m1/s1. The number of methoxy groups -OCH3 is 2. The molecule has 5 rings (SSSR count). The number of aliphatic hydroxyl groups is 1. The monoisotopic (exact) mass is 672 g/mol. The summed E-state index contributed by atoms with van der Waals surface area (Å²) in [6.07, 6.45) is 0.685. The molecule has 1 aliphatic rings. The number of rotatable bonds is 14. The lowest BCUT2D eigenvalue weighted by Gasteiger charge is -2.31. The minimum atomic E-state index is -1.31. The maximum absolute atomic E-state index is 14.5. The van der Waals surface area contributed by atoms with Crippen LogP contribution in [0.5, 0.6) is 17.2 Å². The van der Waals surface area contributed by atoms with Crippen molar-refractivity contribution in [3.63, 3.8) is 0 Å². The van der Waals surface area contributed by atoms with Gasteiger partial charge in [-0.15, -0.1) is 0 Å².